The van der Waals surface area contributed by atoms with E-state index in [0.29, 0.717) is 10.4 Å². The first-order valence-electron chi connectivity index (χ1n) is 2.93. The van der Waals surface area contributed by atoms with Gasteiger partial charge in [-0.1, -0.05) is 13.3 Å². The van der Waals surface area contributed by atoms with Crippen molar-refractivity contribution < 1.29 is 9.90 Å². The lowest BCUT2D eigenvalue weighted by Crippen LogP contribution is -2.28. The molecular formula is C5H9Cl2NO2. The van der Waals surface area contributed by atoms with E-state index in [2.05, 4.69) is 0 Å². The Morgan fingerprint density at radius 1 is 1.70 bits per heavy atom. The molecule has 0 rings (SSSR count). The summed E-state index contributed by atoms with van der Waals surface area (Å²) in [5, 5.41) is 8.46. The van der Waals surface area contributed by atoms with Crippen molar-refractivity contribution in [2.24, 2.45) is 0 Å². The van der Waals surface area contributed by atoms with Gasteiger partial charge in [0.2, 0.25) is 0 Å². The van der Waals surface area contributed by atoms with Gasteiger partial charge in [0.25, 0.3) is 0 Å². The first-order valence-corrected chi connectivity index (χ1v) is 3.60. The molecule has 0 aliphatic carbocycles. The number of carboxylic acids is 1. The molecule has 1 N–H and O–H groups in total. The Hall–Kier alpha value is 0.01000. The van der Waals surface area contributed by atoms with Crippen molar-refractivity contribution in [3.8, 4) is 0 Å². The molecule has 0 saturated carbocycles. The molecule has 10 heavy (non-hydrogen) atoms. The lowest BCUT2D eigenvalue weighted by Gasteiger charge is -2.12. The number of carboxylic acid groups (broad SMARTS) is 1. The zero-order valence-electron chi connectivity index (χ0n) is 5.55. The van der Waals surface area contributed by atoms with E-state index in [9.17, 15) is 4.79 Å². The van der Waals surface area contributed by atoms with Gasteiger partial charge >= 0.3 is 5.97 Å². The molecule has 0 saturated heterocycles. The van der Waals surface area contributed by atoms with E-state index < -0.39 is 12.0 Å². The van der Waals surface area contributed by atoms with Crippen LogP contribution in [0.2, 0.25) is 0 Å². The third kappa shape index (κ3) is 3.25. The fourth-order valence-corrected chi connectivity index (χ4v) is 0.940. The van der Waals surface area contributed by atoms with E-state index in [4.69, 9.17) is 28.7 Å². The van der Waals surface area contributed by atoms with Crippen LogP contribution >= 0.6 is 23.6 Å². The highest BCUT2D eigenvalue weighted by Gasteiger charge is 2.21. The lowest BCUT2D eigenvalue weighted by molar-refractivity contribution is -0.140. The molecule has 0 heterocycles. The van der Waals surface area contributed by atoms with Crippen LogP contribution in [0.3, 0.4) is 0 Å². The number of hydrogen-bond acceptors (Lipinski definition) is 2. The quantitative estimate of drug-likeness (QED) is 0.681. The number of halogens is 2. The van der Waals surface area contributed by atoms with E-state index in [1.165, 1.54) is 0 Å². The van der Waals surface area contributed by atoms with E-state index in [1.807, 2.05) is 6.92 Å². The van der Waals surface area contributed by atoms with Gasteiger partial charge in [-0.25, -0.2) is 0 Å². The number of rotatable bonds is 4. The first kappa shape index (κ1) is 10.0. The van der Waals surface area contributed by atoms with Crippen LogP contribution in [-0.2, 0) is 4.79 Å². The second kappa shape index (κ2) is 4.77. The average molecular weight is 186 g/mol. The van der Waals surface area contributed by atoms with E-state index in [0.717, 1.165) is 6.42 Å². The molecule has 3 nitrogen and oxygen atoms in total. The van der Waals surface area contributed by atoms with Gasteiger partial charge in [-0.3, -0.25) is 4.79 Å². The molecule has 0 bridgehead atoms. The van der Waals surface area contributed by atoms with E-state index >= 15 is 0 Å². The van der Waals surface area contributed by atoms with Gasteiger partial charge in [0.1, 0.15) is 6.04 Å². The summed E-state index contributed by atoms with van der Waals surface area (Å²) in [4.78, 5) is 10.3. The fraction of sp³-hybridized carbons (Fsp3) is 0.800. The highest BCUT2D eigenvalue weighted by molar-refractivity contribution is 6.34. The molecule has 1 atom stereocenters. The predicted molar refractivity (Wildman–Crippen MR) is 39.9 cm³/mol. The Balaban J connectivity index is 3.85. The molecule has 0 fully saturated rings. The van der Waals surface area contributed by atoms with Gasteiger partial charge in [-0.05, 0) is 30.0 Å². The van der Waals surface area contributed by atoms with E-state index in [1.54, 1.807) is 0 Å². The standard InChI is InChI=1S/C5H9Cl2NO2/c1-2-3-4(5(9)10)8(6)7/h4H,2-3H2,1H3,(H,9,10)/t4-/m0/s1. The van der Waals surface area contributed by atoms with Crippen molar-refractivity contribution in [1.29, 1.82) is 0 Å². The lowest BCUT2D eigenvalue weighted by atomic mass is 10.2. The SMILES string of the molecule is CCC[C@@H](C(=O)O)N(Cl)Cl. The summed E-state index contributed by atoms with van der Waals surface area (Å²) in [6, 6.07) is -0.784. The molecule has 0 aliphatic rings. The summed E-state index contributed by atoms with van der Waals surface area (Å²) in [6.45, 7) is 1.87. The minimum atomic E-state index is -0.994. The molecule has 0 radical (unpaired) electrons. The Labute approximate surface area is 69.7 Å². The normalized spacial score (nSPS) is 13.6. The smallest absolute Gasteiger partial charge is 0.323 e. The molecule has 0 aromatic carbocycles. The third-order valence-electron chi connectivity index (χ3n) is 1.08. The minimum absolute atomic E-state index is 0.461. The highest BCUT2D eigenvalue weighted by Crippen LogP contribution is 2.12. The maximum Gasteiger partial charge on any atom is 0.323 e. The maximum absolute atomic E-state index is 10.3. The molecule has 0 aliphatic heterocycles. The van der Waals surface area contributed by atoms with Crippen molar-refractivity contribution in [2.45, 2.75) is 25.8 Å². The van der Waals surface area contributed by atoms with Crippen LogP contribution in [0.15, 0.2) is 0 Å². The minimum Gasteiger partial charge on any atom is -0.480 e. The molecule has 5 heteroatoms. The highest BCUT2D eigenvalue weighted by atomic mass is 35.5. The molecule has 0 aromatic rings. The summed E-state index contributed by atoms with van der Waals surface area (Å²) in [5.41, 5.74) is 0. The summed E-state index contributed by atoms with van der Waals surface area (Å²) in [7, 11) is 0. The number of hydrogen-bond donors (Lipinski definition) is 1. The summed E-state index contributed by atoms with van der Waals surface area (Å²) < 4.78 is 0.672. The Kier molecular flexibility index (Phi) is 4.77. The van der Waals surface area contributed by atoms with Crippen LogP contribution in [0.4, 0.5) is 0 Å². The van der Waals surface area contributed by atoms with Crippen LogP contribution in [0.1, 0.15) is 19.8 Å². The zero-order chi connectivity index (χ0) is 8.15. The molecule has 0 aromatic heterocycles. The first-order chi connectivity index (χ1) is 4.59. The van der Waals surface area contributed by atoms with E-state index in [-0.39, 0.29) is 0 Å². The van der Waals surface area contributed by atoms with Crippen molar-refractivity contribution >= 4 is 29.5 Å². The summed E-state index contributed by atoms with van der Waals surface area (Å²) in [6.07, 6.45) is 1.20. The zero-order valence-corrected chi connectivity index (χ0v) is 7.06. The summed E-state index contributed by atoms with van der Waals surface area (Å²) in [5.74, 6) is -0.994. The second-order valence-electron chi connectivity index (χ2n) is 1.90. The van der Waals surface area contributed by atoms with Gasteiger partial charge in [0, 0.05) is 0 Å². The molecule has 60 valence electrons. The molecule has 0 unspecified atom stereocenters. The maximum atomic E-state index is 10.3. The molecule has 0 amide bonds. The van der Waals surface area contributed by atoms with Crippen LogP contribution in [-0.4, -0.2) is 21.1 Å². The van der Waals surface area contributed by atoms with Crippen LogP contribution in [0.5, 0.6) is 0 Å². The molecule has 0 spiro atoms. The monoisotopic (exact) mass is 185 g/mol. The van der Waals surface area contributed by atoms with Crippen LogP contribution < -0.4 is 0 Å². The van der Waals surface area contributed by atoms with Gasteiger partial charge in [-0.15, -0.1) is 3.94 Å². The van der Waals surface area contributed by atoms with Crippen molar-refractivity contribution in [3.63, 3.8) is 0 Å². The van der Waals surface area contributed by atoms with Gasteiger partial charge in [0.15, 0.2) is 0 Å². The van der Waals surface area contributed by atoms with Gasteiger partial charge in [0.05, 0.1) is 0 Å². The van der Waals surface area contributed by atoms with Crippen molar-refractivity contribution in [3.05, 3.63) is 0 Å². The Morgan fingerprint density at radius 3 is 2.30 bits per heavy atom. The predicted octanol–water partition coefficient (Wildman–Crippen LogP) is 1.85. The van der Waals surface area contributed by atoms with Crippen molar-refractivity contribution in [2.75, 3.05) is 0 Å². The Bertz CT molecular complexity index is 118. The van der Waals surface area contributed by atoms with Crippen LogP contribution in [0.25, 0.3) is 0 Å². The third-order valence-corrected chi connectivity index (χ3v) is 1.55. The number of carbonyl (C=O) groups is 1. The number of nitrogens with zero attached hydrogens (tertiary/aromatic N) is 1. The topological polar surface area (TPSA) is 40.5 Å². The average Bonchev–Trinajstić information content (AvgIpc) is 1.81. The Morgan fingerprint density at radius 2 is 2.20 bits per heavy atom. The van der Waals surface area contributed by atoms with Gasteiger partial charge < -0.3 is 5.11 Å². The van der Waals surface area contributed by atoms with Crippen molar-refractivity contribution in [1.82, 2.24) is 3.94 Å². The van der Waals surface area contributed by atoms with Crippen LogP contribution in [0, 0.1) is 0 Å². The second-order valence-corrected chi connectivity index (χ2v) is 2.80. The summed E-state index contributed by atoms with van der Waals surface area (Å²) >= 11 is 10.5. The molecular weight excluding hydrogens is 177 g/mol. The van der Waals surface area contributed by atoms with Gasteiger partial charge in [-0.2, -0.15) is 0 Å². The number of aliphatic carboxylic acids is 1. The fourth-order valence-electron chi connectivity index (χ4n) is 0.578. The largest absolute Gasteiger partial charge is 0.480 e.